The van der Waals surface area contributed by atoms with Crippen molar-refractivity contribution >= 4 is 38.7 Å². The summed E-state index contributed by atoms with van der Waals surface area (Å²) in [6.07, 6.45) is 3.53. The number of benzene rings is 4. The van der Waals surface area contributed by atoms with Crippen molar-refractivity contribution in [1.82, 2.24) is 15.3 Å². The van der Waals surface area contributed by atoms with Gasteiger partial charge in [0, 0.05) is 34.4 Å². The maximum atomic E-state index is 13.0. The molecule has 1 aliphatic carbocycles. The van der Waals surface area contributed by atoms with Gasteiger partial charge in [0.15, 0.2) is 0 Å². The van der Waals surface area contributed by atoms with Crippen LogP contribution in [0.25, 0.3) is 32.8 Å². The zero-order chi connectivity index (χ0) is 26.7. The van der Waals surface area contributed by atoms with Gasteiger partial charge in [0.1, 0.15) is 11.4 Å². The van der Waals surface area contributed by atoms with Gasteiger partial charge in [-0.25, -0.2) is 9.97 Å². The number of aromatic nitrogens is 2. The van der Waals surface area contributed by atoms with Gasteiger partial charge in [-0.2, -0.15) is 0 Å². The Kier molecular flexibility index (Phi) is 5.58. The van der Waals surface area contributed by atoms with E-state index in [1.54, 1.807) is 0 Å². The third kappa shape index (κ3) is 4.03. The van der Waals surface area contributed by atoms with Gasteiger partial charge in [0.2, 0.25) is 0 Å². The Balaban J connectivity index is 1.38. The van der Waals surface area contributed by atoms with E-state index in [0.29, 0.717) is 29.9 Å². The zero-order valence-electron chi connectivity index (χ0n) is 22.7. The largest absolute Gasteiger partial charge is 0.487 e. The fourth-order valence-corrected chi connectivity index (χ4v) is 6.92. The van der Waals surface area contributed by atoms with Gasteiger partial charge in [-0.3, -0.25) is 4.79 Å². The van der Waals surface area contributed by atoms with Crippen molar-refractivity contribution in [2.75, 3.05) is 0 Å². The van der Waals surface area contributed by atoms with Gasteiger partial charge in [-0.15, -0.1) is 0 Å². The number of amides is 1. The molecule has 7 rings (SSSR count). The maximum Gasteiger partial charge on any atom is 0.251 e. The summed E-state index contributed by atoms with van der Waals surface area (Å²) in [6, 6.07) is 24.0. The van der Waals surface area contributed by atoms with Crippen LogP contribution >= 0.6 is 0 Å². The fourth-order valence-electron chi connectivity index (χ4n) is 6.92. The Morgan fingerprint density at radius 1 is 0.923 bits per heavy atom. The molecule has 5 nitrogen and oxygen atoms in total. The van der Waals surface area contributed by atoms with Crippen molar-refractivity contribution in [1.29, 1.82) is 0 Å². The van der Waals surface area contributed by atoms with E-state index < -0.39 is 0 Å². The molecule has 196 valence electrons. The number of hydrogen-bond acceptors (Lipinski definition) is 4. The highest BCUT2D eigenvalue weighted by Gasteiger charge is 2.47. The van der Waals surface area contributed by atoms with Crippen LogP contribution in [0.3, 0.4) is 0 Å². The van der Waals surface area contributed by atoms with Crippen LogP contribution in [-0.4, -0.2) is 21.5 Å². The van der Waals surface area contributed by atoms with Crippen LogP contribution in [0.15, 0.2) is 72.8 Å². The SMILES string of the molecule is CC1CCC2C(C1)c1c(c3ccccc3c3nc4cc(C(=O)NCc5ccccc5)ccc4nc13)OC2(C)C. The number of hydrogen-bond donors (Lipinski definition) is 1. The molecule has 0 bridgehead atoms. The number of carbonyl (C=O) groups is 1. The normalized spacial score (nSPS) is 21.8. The molecule has 1 aromatic heterocycles. The van der Waals surface area contributed by atoms with E-state index in [9.17, 15) is 4.79 Å². The fraction of sp³-hybridized carbons (Fsp3) is 0.324. The molecule has 2 heterocycles. The molecule has 1 amide bonds. The van der Waals surface area contributed by atoms with Crippen molar-refractivity contribution in [2.45, 2.75) is 58.1 Å². The maximum absolute atomic E-state index is 13.0. The number of nitrogens with zero attached hydrogens (tertiary/aromatic N) is 2. The molecule has 1 N–H and O–H groups in total. The lowest BCUT2D eigenvalue weighted by atomic mass is 9.64. The lowest BCUT2D eigenvalue weighted by Gasteiger charge is -2.49. The first-order valence-corrected chi connectivity index (χ1v) is 14.1. The molecule has 3 unspecified atom stereocenters. The van der Waals surface area contributed by atoms with Crippen molar-refractivity contribution in [3.63, 3.8) is 0 Å². The van der Waals surface area contributed by atoms with Crippen LogP contribution < -0.4 is 10.1 Å². The summed E-state index contributed by atoms with van der Waals surface area (Å²) in [5.41, 5.74) is 5.99. The van der Waals surface area contributed by atoms with Gasteiger partial charge < -0.3 is 10.1 Å². The van der Waals surface area contributed by atoms with Crippen LogP contribution in [0.2, 0.25) is 0 Å². The van der Waals surface area contributed by atoms with E-state index in [1.165, 1.54) is 12.0 Å². The summed E-state index contributed by atoms with van der Waals surface area (Å²) in [5.74, 6) is 2.35. The Morgan fingerprint density at radius 3 is 2.49 bits per heavy atom. The topological polar surface area (TPSA) is 64.1 Å². The molecule has 0 radical (unpaired) electrons. The number of carbonyl (C=O) groups excluding carboxylic acids is 1. The average Bonchev–Trinajstić information content (AvgIpc) is 2.95. The minimum atomic E-state index is -0.236. The Labute approximate surface area is 228 Å². The third-order valence-electron chi connectivity index (χ3n) is 8.89. The van der Waals surface area contributed by atoms with E-state index in [4.69, 9.17) is 14.7 Å². The molecular formula is C34H33N3O2. The molecule has 0 saturated heterocycles. The molecule has 1 fully saturated rings. The molecule has 5 heteroatoms. The summed E-state index contributed by atoms with van der Waals surface area (Å²) in [4.78, 5) is 23.4. The van der Waals surface area contributed by atoms with E-state index in [-0.39, 0.29) is 11.5 Å². The Morgan fingerprint density at radius 2 is 1.67 bits per heavy atom. The second kappa shape index (κ2) is 9.04. The first-order valence-electron chi connectivity index (χ1n) is 14.1. The molecule has 1 aliphatic heterocycles. The highest BCUT2D eigenvalue weighted by molar-refractivity contribution is 6.11. The van der Waals surface area contributed by atoms with E-state index in [0.717, 1.165) is 57.0 Å². The standard InChI is InChI=1S/C34H33N3O2/c1-20-13-15-26-25(17-20)29-31-30(23-11-7-8-12-24(23)32(29)39-34(26,2)3)37-28-18-22(14-16-27(28)36-31)33(38)35-19-21-9-5-4-6-10-21/h4-12,14,16,18,20,25-26H,13,15,17,19H2,1-3H3,(H,35,38). The van der Waals surface area contributed by atoms with Crippen LogP contribution in [-0.2, 0) is 6.54 Å². The van der Waals surface area contributed by atoms with Gasteiger partial charge >= 0.3 is 0 Å². The van der Waals surface area contributed by atoms with E-state index in [1.807, 2.05) is 54.6 Å². The summed E-state index contributed by atoms with van der Waals surface area (Å²) in [6.45, 7) is 7.35. The van der Waals surface area contributed by atoms with Crippen molar-refractivity contribution in [3.05, 3.63) is 89.5 Å². The van der Waals surface area contributed by atoms with Crippen molar-refractivity contribution in [2.24, 2.45) is 11.8 Å². The molecule has 0 spiro atoms. The number of rotatable bonds is 3. The van der Waals surface area contributed by atoms with Gasteiger partial charge in [-0.1, -0.05) is 67.9 Å². The number of fused-ring (bicyclic) bond motifs is 9. The van der Waals surface area contributed by atoms with Gasteiger partial charge in [-0.05, 0) is 62.3 Å². The van der Waals surface area contributed by atoms with Crippen LogP contribution in [0.4, 0.5) is 0 Å². The van der Waals surface area contributed by atoms with Crippen molar-refractivity contribution in [3.8, 4) is 5.75 Å². The lowest BCUT2D eigenvalue weighted by Crippen LogP contribution is -2.46. The molecule has 5 aromatic rings. The quantitative estimate of drug-likeness (QED) is 0.199. The molecule has 3 atom stereocenters. The first-order chi connectivity index (χ1) is 18.9. The predicted molar refractivity (Wildman–Crippen MR) is 156 cm³/mol. The smallest absolute Gasteiger partial charge is 0.251 e. The minimum Gasteiger partial charge on any atom is -0.487 e. The first kappa shape index (κ1) is 24.1. The van der Waals surface area contributed by atoms with Crippen molar-refractivity contribution < 1.29 is 9.53 Å². The number of ether oxygens (including phenoxy) is 1. The molecule has 2 aliphatic rings. The van der Waals surface area contributed by atoms with E-state index in [2.05, 4.69) is 44.3 Å². The third-order valence-corrected chi connectivity index (χ3v) is 8.89. The lowest BCUT2D eigenvalue weighted by molar-refractivity contribution is -0.0115. The minimum absolute atomic E-state index is 0.118. The van der Waals surface area contributed by atoms with Crippen LogP contribution in [0, 0.1) is 11.8 Å². The van der Waals surface area contributed by atoms with Crippen LogP contribution in [0.5, 0.6) is 5.75 Å². The molecule has 39 heavy (non-hydrogen) atoms. The predicted octanol–water partition coefficient (Wildman–Crippen LogP) is 7.56. The average molecular weight is 516 g/mol. The molecule has 1 saturated carbocycles. The van der Waals surface area contributed by atoms with Crippen LogP contribution in [0.1, 0.15) is 67.4 Å². The highest BCUT2D eigenvalue weighted by atomic mass is 16.5. The Hall–Kier alpha value is -3.99. The Bertz CT molecular complexity index is 1740. The summed E-state index contributed by atoms with van der Waals surface area (Å²) in [5, 5.41) is 5.16. The highest BCUT2D eigenvalue weighted by Crippen LogP contribution is 2.56. The monoisotopic (exact) mass is 515 g/mol. The van der Waals surface area contributed by atoms with Gasteiger partial charge in [0.25, 0.3) is 5.91 Å². The molecular weight excluding hydrogens is 482 g/mol. The summed E-state index contributed by atoms with van der Waals surface area (Å²) < 4.78 is 6.85. The summed E-state index contributed by atoms with van der Waals surface area (Å²) >= 11 is 0. The molecule has 4 aromatic carbocycles. The zero-order valence-corrected chi connectivity index (χ0v) is 22.7. The summed E-state index contributed by atoms with van der Waals surface area (Å²) in [7, 11) is 0. The second-order valence-corrected chi connectivity index (χ2v) is 11.9. The van der Waals surface area contributed by atoms with Gasteiger partial charge in [0.05, 0.1) is 22.1 Å². The van der Waals surface area contributed by atoms with E-state index >= 15 is 0 Å². The second-order valence-electron chi connectivity index (χ2n) is 11.9. The number of nitrogens with one attached hydrogen (secondary N) is 1.